The van der Waals surface area contributed by atoms with Crippen LogP contribution in [-0.2, 0) is 6.42 Å². The van der Waals surface area contributed by atoms with Gasteiger partial charge in [0.15, 0.2) is 11.5 Å². The molecule has 8 heteroatoms. The minimum atomic E-state index is -0.228. The van der Waals surface area contributed by atoms with Gasteiger partial charge in [-0.05, 0) is 6.92 Å². The number of hydrogen-bond donors (Lipinski definition) is 3. The van der Waals surface area contributed by atoms with E-state index in [9.17, 15) is 4.79 Å². The van der Waals surface area contributed by atoms with Gasteiger partial charge < -0.3 is 15.4 Å². The van der Waals surface area contributed by atoms with Crippen LogP contribution in [0.1, 0.15) is 18.4 Å². The lowest BCUT2D eigenvalue weighted by molar-refractivity contribution is 0.311. The van der Waals surface area contributed by atoms with Crippen LogP contribution in [-0.4, -0.2) is 42.6 Å². The first-order valence-electron chi connectivity index (χ1n) is 6.77. The number of aliphatic hydroxyl groups excluding tert-OH is 1. The number of aromatic nitrogens is 5. The number of aliphatic hydroxyl groups is 1. The molecule has 21 heavy (non-hydrogen) atoms. The number of imidazole rings is 1. The zero-order valence-electron chi connectivity index (χ0n) is 11.8. The average Bonchev–Trinajstić information content (AvgIpc) is 2.83. The number of aryl methyl sites for hydroxylation is 2. The minimum Gasteiger partial charge on any atom is -0.395 e. The average molecular weight is 288 g/mol. The third kappa shape index (κ3) is 2.04. The van der Waals surface area contributed by atoms with Crippen molar-refractivity contribution in [2.45, 2.75) is 20.3 Å². The van der Waals surface area contributed by atoms with E-state index in [1.165, 1.54) is 6.33 Å². The summed E-state index contributed by atoms with van der Waals surface area (Å²) >= 11 is 0. The van der Waals surface area contributed by atoms with Gasteiger partial charge in [0, 0.05) is 13.0 Å². The highest BCUT2D eigenvalue weighted by molar-refractivity contribution is 5.84. The standard InChI is InChI=1S/C13H16N6O2/c1-3-8-17-7(2)10-13(21)18-9-11(14-4-5-20)15-6-16-12(9)19(8)10/h6,20H,3-5H2,1-2H3,(H,18,21)(H,14,15,16). The van der Waals surface area contributed by atoms with E-state index in [0.717, 1.165) is 5.82 Å². The SMILES string of the molecule is CCc1nc(C)c2c(=O)[nH]c3c(NCCO)ncnc3n12. The number of nitrogens with one attached hydrogen (secondary N) is 2. The van der Waals surface area contributed by atoms with Gasteiger partial charge in [-0.1, -0.05) is 6.92 Å². The lowest BCUT2D eigenvalue weighted by Crippen LogP contribution is -2.15. The van der Waals surface area contributed by atoms with Crippen LogP contribution in [0, 0.1) is 6.92 Å². The van der Waals surface area contributed by atoms with Crippen molar-refractivity contribution in [2.24, 2.45) is 0 Å². The quantitative estimate of drug-likeness (QED) is 0.634. The summed E-state index contributed by atoms with van der Waals surface area (Å²) in [5.41, 5.74) is 2.06. The molecule has 3 aromatic heterocycles. The molecule has 0 aromatic carbocycles. The Balaban J connectivity index is 2.41. The van der Waals surface area contributed by atoms with Crippen LogP contribution in [0.5, 0.6) is 0 Å². The molecule has 0 unspecified atom stereocenters. The number of hydrogen-bond acceptors (Lipinski definition) is 6. The first-order chi connectivity index (χ1) is 10.2. The molecule has 0 aliphatic carbocycles. The van der Waals surface area contributed by atoms with Gasteiger partial charge in [0.2, 0.25) is 0 Å². The zero-order valence-corrected chi connectivity index (χ0v) is 11.8. The van der Waals surface area contributed by atoms with E-state index in [0.29, 0.717) is 41.2 Å². The summed E-state index contributed by atoms with van der Waals surface area (Å²) in [5.74, 6) is 1.27. The highest BCUT2D eigenvalue weighted by Crippen LogP contribution is 2.19. The van der Waals surface area contributed by atoms with E-state index < -0.39 is 0 Å². The smallest absolute Gasteiger partial charge is 0.274 e. The van der Waals surface area contributed by atoms with E-state index in [-0.39, 0.29) is 12.2 Å². The molecule has 0 spiro atoms. The van der Waals surface area contributed by atoms with E-state index in [1.807, 2.05) is 13.8 Å². The maximum absolute atomic E-state index is 12.3. The molecule has 3 N–H and O–H groups in total. The molecule has 0 atom stereocenters. The number of nitrogens with zero attached hydrogens (tertiary/aromatic N) is 4. The maximum Gasteiger partial charge on any atom is 0.274 e. The number of rotatable bonds is 4. The predicted molar refractivity (Wildman–Crippen MR) is 78.6 cm³/mol. The van der Waals surface area contributed by atoms with E-state index >= 15 is 0 Å². The monoisotopic (exact) mass is 288 g/mol. The van der Waals surface area contributed by atoms with E-state index in [1.54, 1.807) is 4.40 Å². The fourth-order valence-electron chi connectivity index (χ4n) is 2.46. The molecule has 0 saturated heterocycles. The van der Waals surface area contributed by atoms with Crippen molar-refractivity contribution in [1.29, 1.82) is 0 Å². The summed E-state index contributed by atoms with van der Waals surface area (Å²) in [4.78, 5) is 28.0. The van der Waals surface area contributed by atoms with Crippen LogP contribution < -0.4 is 10.9 Å². The second-order valence-electron chi connectivity index (χ2n) is 4.68. The summed E-state index contributed by atoms with van der Waals surface area (Å²) in [5, 5.41) is 11.9. The molecule has 0 aliphatic heterocycles. The molecule has 0 bridgehead atoms. The summed E-state index contributed by atoms with van der Waals surface area (Å²) in [6.45, 7) is 4.10. The van der Waals surface area contributed by atoms with Crippen LogP contribution in [0.15, 0.2) is 11.1 Å². The first-order valence-corrected chi connectivity index (χ1v) is 6.77. The summed E-state index contributed by atoms with van der Waals surface area (Å²) < 4.78 is 1.77. The van der Waals surface area contributed by atoms with Gasteiger partial charge in [0.05, 0.1) is 12.3 Å². The second-order valence-corrected chi connectivity index (χ2v) is 4.68. The zero-order chi connectivity index (χ0) is 15.0. The Morgan fingerprint density at radius 1 is 1.43 bits per heavy atom. The van der Waals surface area contributed by atoms with Crippen molar-refractivity contribution in [3.05, 3.63) is 28.2 Å². The normalized spacial score (nSPS) is 11.4. The van der Waals surface area contributed by atoms with Gasteiger partial charge in [-0.15, -0.1) is 0 Å². The van der Waals surface area contributed by atoms with Crippen LogP contribution >= 0.6 is 0 Å². The van der Waals surface area contributed by atoms with Crippen LogP contribution in [0.2, 0.25) is 0 Å². The van der Waals surface area contributed by atoms with Crippen molar-refractivity contribution in [2.75, 3.05) is 18.5 Å². The number of anilines is 1. The molecule has 0 aliphatic rings. The number of fused-ring (bicyclic) bond motifs is 3. The molecule has 3 rings (SSSR count). The molecular weight excluding hydrogens is 272 g/mol. The van der Waals surface area contributed by atoms with Crippen molar-refractivity contribution in [3.63, 3.8) is 0 Å². The predicted octanol–water partition coefficient (Wildman–Crippen LogP) is 0.241. The highest BCUT2D eigenvalue weighted by Gasteiger charge is 2.16. The lowest BCUT2D eigenvalue weighted by atomic mass is 10.3. The Morgan fingerprint density at radius 2 is 2.24 bits per heavy atom. The first kappa shape index (κ1) is 13.5. The van der Waals surface area contributed by atoms with E-state index in [4.69, 9.17) is 5.11 Å². The molecular formula is C13H16N6O2. The van der Waals surface area contributed by atoms with Gasteiger partial charge in [-0.25, -0.2) is 15.0 Å². The molecule has 0 amide bonds. The molecule has 0 fully saturated rings. The fraction of sp³-hybridized carbons (Fsp3) is 0.385. The van der Waals surface area contributed by atoms with Gasteiger partial charge in [-0.2, -0.15) is 0 Å². The lowest BCUT2D eigenvalue weighted by Gasteiger charge is -2.08. The van der Waals surface area contributed by atoms with Gasteiger partial charge in [0.25, 0.3) is 5.56 Å². The van der Waals surface area contributed by atoms with Crippen LogP contribution in [0.4, 0.5) is 5.82 Å². The minimum absolute atomic E-state index is 0.0254. The van der Waals surface area contributed by atoms with Crippen LogP contribution in [0.25, 0.3) is 16.7 Å². The number of H-pyrrole nitrogens is 1. The molecule has 3 heterocycles. The molecule has 0 saturated carbocycles. The molecule has 3 aromatic rings. The van der Waals surface area contributed by atoms with Gasteiger partial charge >= 0.3 is 0 Å². The second kappa shape index (κ2) is 5.13. The molecule has 0 radical (unpaired) electrons. The van der Waals surface area contributed by atoms with Crippen molar-refractivity contribution < 1.29 is 5.11 Å². The summed E-state index contributed by atoms with van der Waals surface area (Å²) in [6.07, 6.45) is 2.12. The van der Waals surface area contributed by atoms with Crippen molar-refractivity contribution >= 4 is 22.5 Å². The summed E-state index contributed by atoms with van der Waals surface area (Å²) in [6, 6.07) is 0. The number of aromatic amines is 1. The Hall–Kier alpha value is -2.48. The Morgan fingerprint density at radius 3 is 2.95 bits per heavy atom. The fourth-order valence-corrected chi connectivity index (χ4v) is 2.46. The van der Waals surface area contributed by atoms with E-state index in [2.05, 4.69) is 25.3 Å². The molecule has 8 nitrogen and oxygen atoms in total. The van der Waals surface area contributed by atoms with Gasteiger partial charge in [0.1, 0.15) is 23.2 Å². The Kier molecular flexibility index (Phi) is 3.30. The Labute approximate surface area is 119 Å². The Bertz CT molecular complexity index is 866. The topological polar surface area (TPSA) is 108 Å². The maximum atomic E-state index is 12.3. The van der Waals surface area contributed by atoms with Crippen LogP contribution in [0.3, 0.4) is 0 Å². The van der Waals surface area contributed by atoms with Crippen molar-refractivity contribution in [3.8, 4) is 0 Å². The summed E-state index contributed by atoms with van der Waals surface area (Å²) in [7, 11) is 0. The molecule has 110 valence electrons. The van der Waals surface area contributed by atoms with Crippen molar-refractivity contribution in [1.82, 2.24) is 24.3 Å². The third-order valence-electron chi connectivity index (χ3n) is 3.33. The highest BCUT2D eigenvalue weighted by atomic mass is 16.3. The third-order valence-corrected chi connectivity index (χ3v) is 3.33. The largest absolute Gasteiger partial charge is 0.395 e. The van der Waals surface area contributed by atoms with Gasteiger partial charge in [-0.3, -0.25) is 9.20 Å².